The first kappa shape index (κ1) is 15.7. The van der Waals surface area contributed by atoms with Gasteiger partial charge in [0, 0.05) is 28.8 Å². The third kappa shape index (κ3) is 3.29. The van der Waals surface area contributed by atoms with E-state index < -0.39 is 0 Å². The molecule has 120 valence electrons. The fraction of sp³-hybridized carbons (Fsp3) is 0.278. The van der Waals surface area contributed by atoms with Gasteiger partial charge in [0.25, 0.3) is 0 Å². The summed E-state index contributed by atoms with van der Waals surface area (Å²) < 4.78 is 10.6. The number of hydrogen-bond donors (Lipinski definition) is 0. The van der Waals surface area contributed by atoms with Gasteiger partial charge < -0.3 is 14.4 Å². The number of nitrogens with zero attached hydrogens (tertiary/aromatic N) is 1. The molecule has 2 aromatic carbocycles. The van der Waals surface area contributed by atoms with Gasteiger partial charge in [-0.25, -0.2) is 0 Å². The fourth-order valence-electron chi connectivity index (χ4n) is 2.68. The Hall–Kier alpha value is -2.14. The van der Waals surface area contributed by atoms with Crippen molar-refractivity contribution < 1.29 is 14.3 Å². The number of ether oxygens (including phenoxy) is 2. The van der Waals surface area contributed by atoms with Crippen molar-refractivity contribution >= 4 is 23.4 Å². The molecule has 0 atom stereocenters. The van der Waals surface area contributed by atoms with Crippen LogP contribution in [-0.4, -0.2) is 32.4 Å². The Balaban J connectivity index is 1.83. The number of para-hydroxylation sites is 1. The summed E-state index contributed by atoms with van der Waals surface area (Å²) in [5.74, 6) is 2.40. The van der Waals surface area contributed by atoms with Crippen molar-refractivity contribution in [3.05, 3.63) is 48.0 Å². The van der Waals surface area contributed by atoms with Gasteiger partial charge in [0.2, 0.25) is 5.91 Å². The molecule has 0 fully saturated rings. The monoisotopic (exact) mass is 329 g/mol. The molecule has 0 aliphatic carbocycles. The summed E-state index contributed by atoms with van der Waals surface area (Å²) in [6.07, 6.45) is 0.312. The maximum atomic E-state index is 12.8. The molecule has 3 rings (SSSR count). The topological polar surface area (TPSA) is 38.8 Å². The Morgan fingerprint density at radius 2 is 2.00 bits per heavy atom. The number of methoxy groups -OCH3 is 2. The van der Waals surface area contributed by atoms with Gasteiger partial charge in [0.15, 0.2) is 0 Å². The van der Waals surface area contributed by atoms with E-state index in [1.807, 2.05) is 41.3 Å². The van der Waals surface area contributed by atoms with Crippen LogP contribution < -0.4 is 14.4 Å². The van der Waals surface area contributed by atoms with Crippen molar-refractivity contribution in [2.45, 2.75) is 11.3 Å². The van der Waals surface area contributed by atoms with Gasteiger partial charge in [-0.2, -0.15) is 0 Å². The molecule has 23 heavy (non-hydrogen) atoms. The summed E-state index contributed by atoms with van der Waals surface area (Å²) >= 11 is 1.79. The SMILES string of the molecule is COc1ccc(CC(=O)N2CCSc3ccccc32)c(OC)c1. The maximum absolute atomic E-state index is 12.8. The summed E-state index contributed by atoms with van der Waals surface area (Å²) in [5.41, 5.74) is 1.87. The van der Waals surface area contributed by atoms with Crippen LogP contribution in [0.25, 0.3) is 0 Å². The second-order valence-corrected chi connectivity index (χ2v) is 6.35. The Kier molecular flexibility index (Phi) is 4.76. The van der Waals surface area contributed by atoms with E-state index in [2.05, 4.69) is 6.07 Å². The van der Waals surface area contributed by atoms with Gasteiger partial charge in [-0.15, -0.1) is 11.8 Å². The van der Waals surface area contributed by atoms with Crippen molar-refractivity contribution in [2.75, 3.05) is 31.4 Å². The highest BCUT2D eigenvalue weighted by molar-refractivity contribution is 7.99. The van der Waals surface area contributed by atoms with E-state index >= 15 is 0 Å². The number of rotatable bonds is 4. The highest BCUT2D eigenvalue weighted by Crippen LogP contribution is 2.35. The zero-order valence-corrected chi connectivity index (χ0v) is 14.1. The highest BCUT2D eigenvalue weighted by Gasteiger charge is 2.23. The van der Waals surface area contributed by atoms with Gasteiger partial charge >= 0.3 is 0 Å². The van der Waals surface area contributed by atoms with Crippen LogP contribution in [0.5, 0.6) is 11.5 Å². The summed E-state index contributed by atoms with van der Waals surface area (Å²) in [6.45, 7) is 0.735. The Morgan fingerprint density at radius 3 is 2.78 bits per heavy atom. The standard InChI is InChI=1S/C18H19NO3S/c1-21-14-8-7-13(16(12-14)22-2)11-18(20)19-9-10-23-17-6-4-3-5-15(17)19/h3-8,12H,9-11H2,1-2H3. The summed E-state index contributed by atoms with van der Waals surface area (Å²) in [5, 5.41) is 0. The highest BCUT2D eigenvalue weighted by atomic mass is 32.2. The number of carbonyl (C=O) groups is 1. The molecule has 1 heterocycles. The molecule has 0 aromatic heterocycles. The number of fused-ring (bicyclic) bond motifs is 1. The molecular formula is C18H19NO3S. The minimum Gasteiger partial charge on any atom is -0.497 e. The molecule has 4 nitrogen and oxygen atoms in total. The molecular weight excluding hydrogens is 310 g/mol. The number of carbonyl (C=O) groups excluding carboxylic acids is 1. The lowest BCUT2D eigenvalue weighted by atomic mass is 10.1. The summed E-state index contributed by atoms with van der Waals surface area (Å²) in [7, 11) is 3.22. The van der Waals surface area contributed by atoms with E-state index in [0.717, 1.165) is 34.2 Å². The first-order valence-electron chi connectivity index (χ1n) is 7.46. The van der Waals surface area contributed by atoms with E-state index in [-0.39, 0.29) is 5.91 Å². The number of thioether (sulfide) groups is 1. The van der Waals surface area contributed by atoms with Crippen molar-refractivity contribution in [2.24, 2.45) is 0 Å². The Morgan fingerprint density at radius 1 is 1.17 bits per heavy atom. The first-order chi connectivity index (χ1) is 11.2. The lowest BCUT2D eigenvalue weighted by Gasteiger charge is -2.29. The molecule has 1 aliphatic heterocycles. The van der Waals surface area contributed by atoms with E-state index in [4.69, 9.17) is 9.47 Å². The Bertz CT molecular complexity index is 717. The van der Waals surface area contributed by atoms with E-state index in [1.165, 1.54) is 0 Å². The summed E-state index contributed by atoms with van der Waals surface area (Å²) in [4.78, 5) is 15.8. The zero-order valence-electron chi connectivity index (χ0n) is 13.2. The molecule has 2 aromatic rings. The van der Waals surface area contributed by atoms with Gasteiger partial charge in [0.1, 0.15) is 11.5 Å². The van der Waals surface area contributed by atoms with Crippen molar-refractivity contribution in [3.8, 4) is 11.5 Å². The smallest absolute Gasteiger partial charge is 0.231 e. The average molecular weight is 329 g/mol. The molecule has 0 unspecified atom stereocenters. The average Bonchev–Trinajstić information content (AvgIpc) is 2.61. The third-order valence-electron chi connectivity index (χ3n) is 3.87. The van der Waals surface area contributed by atoms with Gasteiger partial charge in [-0.05, 0) is 18.2 Å². The van der Waals surface area contributed by atoms with Gasteiger partial charge in [-0.3, -0.25) is 4.79 Å². The second-order valence-electron chi connectivity index (χ2n) is 5.22. The third-order valence-corrected chi connectivity index (χ3v) is 4.91. The van der Waals surface area contributed by atoms with Crippen molar-refractivity contribution in [3.63, 3.8) is 0 Å². The van der Waals surface area contributed by atoms with Crippen LogP contribution in [0, 0.1) is 0 Å². The second kappa shape index (κ2) is 6.96. The molecule has 0 saturated carbocycles. The van der Waals surface area contributed by atoms with Crippen LogP contribution in [0.2, 0.25) is 0 Å². The molecule has 0 spiro atoms. The largest absolute Gasteiger partial charge is 0.497 e. The Labute approximate surface area is 140 Å². The molecule has 0 saturated heterocycles. The van der Waals surface area contributed by atoms with Crippen molar-refractivity contribution in [1.29, 1.82) is 0 Å². The molecule has 0 bridgehead atoms. The number of amides is 1. The van der Waals surface area contributed by atoms with Crippen molar-refractivity contribution in [1.82, 2.24) is 0 Å². The molecule has 1 aliphatic rings. The lowest BCUT2D eigenvalue weighted by molar-refractivity contribution is -0.118. The van der Waals surface area contributed by atoms with Gasteiger partial charge in [0.05, 0.1) is 26.3 Å². The number of anilines is 1. The predicted molar refractivity (Wildman–Crippen MR) is 92.8 cm³/mol. The minimum absolute atomic E-state index is 0.0845. The van der Waals surface area contributed by atoms with E-state index in [9.17, 15) is 4.79 Å². The minimum atomic E-state index is 0.0845. The molecule has 1 amide bonds. The number of hydrogen-bond acceptors (Lipinski definition) is 4. The predicted octanol–water partition coefficient (Wildman–Crippen LogP) is 3.39. The molecule has 0 radical (unpaired) electrons. The van der Waals surface area contributed by atoms with E-state index in [0.29, 0.717) is 12.2 Å². The molecule has 5 heteroatoms. The van der Waals surface area contributed by atoms with Crippen LogP contribution in [0.4, 0.5) is 5.69 Å². The number of benzene rings is 2. The van der Waals surface area contributed by atoms with Crippen LogP contribution in [0.1, 0.15) is 5.56 Å². The fourth-order valence-corrected chi connectivity index (χ4v) is 3.68. The molecule has 0 N–H and O–H groups in total. The van der Waals surface area contributed by atoms with E-state index in [1.54, 1.807) is 26.0 Å². The lowest BCUT2D eigenvalue weighted by Crippen LogP contribution is -2.36. The van der Waals surface area contributed by atoms with Crippen LogP contribution in [0.15, 0.2) is 47.4 Å². The van der Waals surface area contributed by atoms with Crippen LogP contribution in [-0.2, 0) is 11.2 Å². The zero-order chi connectivity index (χ0) is 16.2. The normalized spacial score (nSPS) is 13.4. The maximum Gasteiger partial charge on any atom is 0.231 e. The van der Waals surface area contributed by atoms with Gasteiger partial charge in [-0.1, -0.05) is 18.2 Å². The summed E-state index contributed by atoms with van der Waals surface area (Å²) in [6, 6.07) is 13.6. The quantitative estimate of drug-likeness (QED) is 0.862. The first-order valence-corrected chi connectivity index (χ1v) is 8.44. The van der Waals surface area contributed by atoms with Crippen LogP contribution in [0.3, 0.4) is 0 Å². The van der Waals surface area contributed by atoms with Crippen LogP contribution >= 0.6 is 11.8 Å².